The molecular formula is C23H30IN7O. The van der Waals surface area contributed by atoms with Crippen LogP contribution in [-0.2, 0) is 24.4 Å². The number of nitrogens with one attached hydrogen (secondary N) is 2. The Bertz CT molecular complexity index is 987. The SMILES string of the molecule is CN=C(NCc1ccccc1CN1CCOCC1)NCc1nncn1-c1ccccc1.I. The van der Waals surface area contributed by atoms with Crippen LogP contribution in [0.3, 0.4) is 0 Å². The van der Waals surface area contributed by atoms with Crippen molar-refractivity contribution < 1.29 is 4.74 Å². The maximum Gasteiger partial charge on any atom is 0.191 e. The molecule has 2 aromatic carbocycles. The van der Waals surface area contributed by atoms with Gasteiger partial charge in [0.25, 0.3) is 0 Å². The van der Waals surface area contributed by atoms with Crippen LogP contribution in [-0.4, -0.2) is 59.0 Å². The van der Waals surface area contributed by atoms with E-state index in [2.05, 4.69) is 55.0 Å². The number of morpholine rings is 1. The summed E-state index contributed by atoms with van der Waals surface area (Å²) >= 11 is 0. The number of rotatable bonds is 7. The predicted molar refractivity (Wildman–Crippen MR) is 136 cm³/mol. The van der Waals surface area contributed by atoms with Crippen LogP contribution in [0.5, 0.6) is 0 Å². The molecule has 0 saturated carbocycles. The first-order valence-corrected chi connectivity index (χ1v) is 10.6. The van der Waals surface area contributed by atoms with E-state index in [0.29, 0.717) is 13.1 Å². The van der Waals surface area contributed by atoms with Gasteiger partial charge in [0.15, 0.2) is 11.8 Å². The first kappa shape index (κ1) is 24.1. The maximum atomic E-state index is 5.47. The summed E-state index contributed by atoms with van der Waals surface area (Å²) in [7, 11) is 1.77. The number of aromatic nitrogens is 3. The quantitative estimate of drug-likeness (QED) is 0.269. The Hall–Kier alpha value is -2.50. The second kappa shape index (κ2) is 12.5. The molecule has 0 unspecified atom stereocenters. The lowest BCUT2D eigenvalue weighted by molar-refractivity contribution is 0.0341. The van der Waals surface area contributed by atoms with Crippen LogP contribution in [0.2, 0.25) is 0 Å². The molecule has 0 aliphatic carbocycles. The summed E-state index contributed by atoms with van der Waals surface area (Å²) in [5.41, 5.74) is 3.63. The van der Waals surface area contributed by atoms with Gasteiger partial charge in [0.05, 0.1) is 19.8 Å². The van der Waals surface area contributed by atoms with E-state index in [9.17, 15) is 0 Å². The van der Waals surface area contributed by atoms with Gasteiger partial charge in [-0.1, -0.05) is 42.5 Å². The average molecular weight is 547 g/mol. The lowest BCUT2D eigenvalue weighted by atomic mass is 10.1. The maximum absolute atomic E-state index is 5.47. The summed E-state index contributed by atoms with van der Waals surface area (Å²) in [6.07, 6.45) is 1.73. The Balaban J connectivity index is 0.00000289. The number of ether oxygens (including phenoxy) is 1. The van der Waals surface area contributed by atoms with Crippen molar-refractivity contribution >= 4 is 29.9 Å². The van der Waals surface area contributed by atoms with E-state index in [1.807, 2.05) is 34.9 Å². The Kier molecular flexibility index (Phi) is 9.44. The Morgan fingerprint density at radius 1 is 0.969 bits per heavy atom. The number of hydrogen-bond donors (Lipinski definition) is 2. The largest absolute Gasteiger partial charge is 0.379 e. The van der Waals surface area contributed by atoms with Crippen molar-refractivity contribution in [3.05, 3.63) is 77.9 Å². The Morgan fingerprint density at radius 3 is 2.41 bits per heavy atom. The average Bonchev–Trinajstić information content (AvgIpc) is 3.30. The summed E-state index contributed by atoms with van der Waals surface area (Å²) in [5, 5.41) is 15.1. The third-order valence-corrected chi connectivity index (χ3v) is 5.35. The molecule has 0 bridgehead atoms. The zero-order chi connectivity index (χ0) is 21.3. The first-order chi connectivity index (χ1) is 15.3. The molecule has 0 spiro atoms. The number of benzene rings is 2. The van der Waals surface area contributed by atoms with E-state index in [-0.39, 0.29) is 24.0 Å². The van der Waals surface area contributed by atoms with E-state index >= 15 is 0 Å². The minimum atomic E-state index is 0. The fraction of sp³-hybridized carbons (Fsp3) is 0.348. The number of aliphatic imine (C=N–C) groups is 1. The molecule has 0 amide bonds. The van der Waals surface area contributed by atoms with E-state index < -0.39 is 0 Å². The van der Waals surface area contributed by atoms with Gasteiger partial charge in [0, 0.05) is 38.9 Å². The number of para-hydroxylation sites is 1. The minimum Gasteiger partial charge on any atom is -0.379 e. The number of guanidine groups is 1. The third-order valence-electron chi connectivity index (χ3n) is 5.35. The second-order valence-electron chi connectivity index (χ2n) is 7.39. The predicted octanol–water partition coefficient (Wildman–Crippen LogP) is 2.58. The number of halogens is 1. The molecular weight excluding hydrogens is 517 g/mol. The van der Waals surface area contributed by atoms with Crippen LogP contribution in [0, 0.1) is 0 Å². The summed E-state index contributed by atoms with van der Waals surface area (Å²) in [5.74, 6) is 1.55. The molecule has 32 heavy (non-hydrogen) atoms. The summed E-state index contributed by atoms with van der Waals surface area (Å²) in [6.45, 7) is 5.73. The molecule has 1 saturated heterocycles. The molecule has 1 aromatic heterocycles. The van der Waals surface area contributed by atoms with Crippen LogP contribution in [0.15, 0.2) is 65.9 Å². The molecule has 2 heterocycles. The van der Waals surface area contributed by atoms with Crippen molar-refractivity contribution in [2.75, 3.05) is 33.4 Å². The van der Waals surface area contributed by atoms with Gasteiger partial charge in [-0.15, -0.1) is 34.2 Å². The molecule has 9 heteroatoms. The van der Waals surface area contributed by atoms with E-state index in [4.69, 9.17) is 4.74 Å². The van der Waals surface area contributed by atoms with Crippen molar-refractivity contribution in [1.29, 1.82) is 0 Å². The van der Waals surface area contributed by atoms with Crippen molar-refractivity contribution in [3.8, 4) is 5.69 Å². The molecule has 1 fully saturated rings. The molecule has 170 valence electrons. The summed E-state index contributed by atoms with van der Waals surface area (Å²) in [6, 6.07) is 18.6. The van der Waals surface area contributed by atoms with E-state index in [1.165, 1.54) is 11.1 Å². The van der Waals surface area contributed by atoms with Crippen molar-refractivity contribution in [3.63, 3.8) is 0 Å². The van der Waals surface area contributed by atoms with Crippen molar-refractivity contribution in [2.24, 2.45) is 4.99 Å². The van der Waals surface area contributed by atoms with Gasteiger partial charge in [-0.05, 0) is 23.3 Å². The highest BCUT2D eigenvalue weighted by atomic mass is 127. The third kappa shape index (κ3) is 6.50. The molecule has 1 aliphatic rings. The van der Waals surface area contributed by atoms with Gasteiger partial charge >= 0.3 is 0 Å². The van der Waals surface area contributed by atoms with Crippen LogP contribution in [0.25, 0.3) is 5.69 Å². The standard InChI is InChI=1S/C23H29N7O.HI/c1-24-23(26-16-22-28-27-18-30(22)21-9-3-2-4-10-21)25-15-19-7-5-6-8-20(19)17-29-11-13-31-14-12-29;/h2-10,18H,11-17H2,1H3,(H2,24,25,26);1H. The van der Waals surface area contributed by atoms with E-state index in [1.54, 1.807) is 13.4 Å². The fourth-order valence-electron chi connectivity index (χ4n) is 3.63. The zero-order valence-corrected chi connectivity index (χ0v) is 20.6. The molecule has 4 rings (SSSR count). The van der Waals surface area contributed by atoms with Gasteiger partial charge in [-0.3, -0.25) is 14.5 Å². The summed E-state index contributed by atoms with van der Waals surface area (Å²) < 4.78 is 7.44. The van der Waals surface area contributed by atoms with Crippen molar-refractivity contribution in [1.82, 2.24) is 30.3 Å². The molecule has 0 radical (unpaired) electrons. The molecule has 2 N–H and O–H groups in total. The monoisotopic (exact) mass is 547 g/mol. The van der Waals surface area contributed by atoms with Crippen molar-refractivity contribution in [2.45, 2.75) is 19.6 Å². The Morgan fingerprint density at radius 2 is 1.66 bits per heavy atom. The highest BCUT2D eigenvalue weighted by Gasteiger charge is 2.13. The smallest absolute Gasteiger partial charge is 0.191 e. The molecule has 0 atom stereocenters. The zero-order valence-electron chi connectivity index (χ0n) is 18.3. The van der Waals surface area contributed by atoms with E-state index in [0.717, 1.165) is 50.3 Å². The second-order valence-corrected chi connectivity index (χ2v) is 7.39. The molecule has 3 aromatic rings. The lowest BCUT2D eigenvalue weighted by Crippen LogP contribution is -2.38. The molecule has 8 nitrogen and oxygen atoms in total. The van der Waals surface area contributed by atoms with Gasteiger partial charge < -0.3 is 15.4 Å². The van der Waals surface area contributed by atoms with Gasteiger partial charge in [-0.2, -0.15) is 0 Å². The number of hydrogen-bond acceptors (Lipinski definition) is 5. The summed E-state index contributed by atoms with van der Waals surface area (Å²) in [4.78, 5) is 6.80. The van der Waals surface area contributed by atoms with Gasteiger partial charge in [-0.25, -0.2) is 0 Å². The van der Waals surface area contributed by atoms with Gasteiger partial charge in [0.2, 0.25) is 0 Å². The Labute approximate surface area is 206 Å². The molecule has 1 aliphatic heterocycles. The lowest BCUT2D eigenvalue weighted by Gasteiger charge is -2.27. The topological polar surface area (TPSA) is 79.6 Å². The highest BCUT2D eigenvalue weighted by Crippen LogP contribution is 2.13. The minimum absolute atomic E-state index is 0. The first-order valence-electron chi connectivity index (χ1n) is 10.6. The van der Waals surface area contributed by atoms with Gasteiger partial charge in [0.1, 0.15) is 6.33 Å². The highest BCUT2D eigenvalue weighted by molar-refractivity contribution is 14.0. The van der Waals surface area contributed by atoms with Crippen LogP contribution in [0.4, 0.5) is 0 Å². The van der Waals surface area contributed by atoms with Crippen LogP contribution in [0.1, 0.15) is 17.0 Å². The number of nitrogens with zero attached hydrogens (tertiary/aromatic N) is 5. The normalized spacial score (nSPS) is 14.6. The van der Waals surface area contributed by atoms with Crippen LogP contribution >= 0.6 is 24.0 Å². The van der Waals surface area contributed by atoms with Crippen LogP contribution < -0.4 is 10.6 Å². The fourth-order valence-corrected chi connectivity index (χ4v) is 3.63.